The van der Waals surface area contributed by atoms with E-state index in [9.17, 15) is 4.79 Å². The van der Waals surface area contributed by atoms with E-state index in [1.807, 2.05) is 6.92 Å². The number of amides is 1. The average molecular weight is 396 g/mol. The monoisotopic (exact) mass is 394 g/mol. The second kappa shape index (κ2) is 10.5. The Hall–Kier alpha value is -1.37. The molecule has 0 saturated carbocycles. The molecule has 0 radical (unpaired) electrons. The number of aliphatic imine (C=N–C) groups is 1. The minimum Gasteiger partial charge on any atom is -0.489 e. The van der Waals surface area contributed by atoms with Crippen LogP contribution in [0.4, 0.5) is 0 Å². The van der Waals surface area contributed by atoms with Crippen molar-refractivity contribution in [3.05, 3.63) is 27.2 Å². The van der Waals surface area contributed by atoms with Crippen molar-refractivity contribution in [2.24, 2.45) is 4.99 Å². The van der Waals surface area contributed by atoms with Crippen LogP contribution in [-0.2, 0) is 4.79 Å². The van der Waals surface area contributed by atoms with Gasteiger partial charge in [-0.25, -0.2) is 4.99 Å². The molecule has 1 amide bonds. The van der Waals surface area contributed by atoms with Gasteiger partial charge in [-0.2, -0.15) is 0 Å². The maximum atomic E-state index is 11.6. The number of benzene rings is 1. The van der Waals surface area contributed by atoms with Gasteiger partial charge < -0.3 is 20.3 Å². The molecule has 1 aromatic carbocycles. The number of nitrogens with zero attached hydrogens (tertiary/aromatic N) is 2. The summed E-state index contributed by atoms with van der Waals surface area (Å²) in [6, 6.07) is 3.13. The highest BCUT2D eigenvalue weighted by molar-refractivity contribution is 6.40. The Bertz CT molecular complexity index is 571. The second-order valence-corrected chi connectivity index (χ2v) is 6.21. The van der Waals surface area contributed by atoms with Crippen molar-refractivity contribution >= 4 is 46.7 Å². The maximum absolute atomic E-state index is 11.6. The van der Waals surface area contributed by atoms with E-state index >= 15 is 0 Å². The molecule has 0 fully saturated rings. The highest BCUT2D eigenvalue weighted by Gasteiger charge is 2.09. The first-order valence-electron chi connectivity index (χ1n) is 7.34. The molecule has 0 aliphatic carbocycles. The Morgan fingerprint density at radius 3 is 2.38 bits per heavy atom. The van der Waals surface area contributed by atoms with Gasteiger partial charge in [0.25, 0.3) is 0 Å². The van der Waals surface area contributed by atoms with Crippen molar-refractivity contribution in [3.63, 3.8) is 0 Å². The van der Waals surface area contributed by atoms with Gasteiger partial charge in [-0.3, -0.25) is 4.79 Å². The third-order valence-corrected chi connectivity index (χ3v) is 3.60. The molecule has 0 unspecified atom stereocenters. The number of rotatable bonds is 7. The number of halogens is 3. The summed E-state index contributed by atoms with van der Waals surface area (Å²) in [4.78, 5) is 17.3. The molecule has 0 heterocycles. The topological polar surface area (TPSA) is 66.0 Å². The lowest BCUT2D eigenvalue weighted by Crippen LogP contribution is -2.40. The zero-order chi connectivity index (χ0) is 18.1. The molecule has 0 aromatic heterocycles. The molecule has 0 saturated heterocycles. The predicted octanol–water partition coefficient (Wildman–Crippen LogP) is 2.67. The van der Waals surface area contributed by atoms with Crippen molar-refractivity contribution in [1.29, 1.82) is 0 Å². The second-order valence-electron chi connectivity index (χ2n) is 4.96. The number of guanidine groups is 1. The van der Waals surface area contributed by atoms with Crippen LogP contribution in [0.5, 0.6) is 5.75 Å². The summed E-state index contributed by atoms with van der Waals surface area (Å²) in [5.41, 5.74) is 0. The minimum absolute atomic E-state index is 0.0675. The first-order valence-corrected chi connectivity index (χ1v) is 8.48. The Balaban J connectivity index is 2.51. The van der Waals surface area contributed by atoms with Gasteiger partial charge in [-0.15, -0.1) is 0 Å². The summed E-state index contributed by atoms with van der Waals surface area (Å²) in [7, 11) is 3.37. The molecule has 0 spiro atoms. The lowest BCUT2D eigenvalue weighted by atomic mass is 10.3. The van der Waals surface area contributed by atoms with Crippen LogP contribution in [-0.4, -0.2) is 57.1 Å². The van der Waals surface area contributed by atoms with Gasteiger partial charge in [0.1, 0.15) is 13.2 Å². The molecule has 6 nitrogen and oxygen atoms in total. The lowest BCUT2D eigenvalue weighted by molar-refractivity contribution is -0.127. The van der Waals surface area contributed by atoms with Gasteiger partial charge in [0.2, 0.25) is 5.91 Å². The van der Waals surface area contributed by atoms with E-state index in [0.29, 0.717) is 46.5 Å². The van der Waals surface area contributed by atoms with E-state index in [1.165, 1.54) is 4.90 Å². The first-order chi connectivity index (χ1) is 11.3. The van der Waals surface area contributed by atoms with E-state index in [4.69, 9.17) is 39.5 Å². The molecule has 2 N–H and O–H groups in total. The van der Waals surface area contributed by atoms with Gasteiger partial charge >= 0.3 is 0 Å². The summed E-state index contributed by atoms with van der Waals surface area (Å²) in [5, 5.41) is 7.27. The molecular weight excluding hydrogens is 375 g/mol. The normalized spacial score (nSPS) is 11.2. The third kappa shape index (κ3) is 7.03. The molecule has 0 atom stereocenters. The Morgan fingerprint density at radius 2 is 1.83 bits per heavy atom. The zero-order valence-electron chi connectivity index (χ0n) is 13.8. The first kappa shape index (κ1) is 20.7. The van der Waals surface area contributed by atoms with Crippen LogP contribution in [0.25, 0.3) is 0 Å². The van der Waals surface area contributed by atoms with Crippen molar-refractivity contribution in [3.8, 4) is 5.75 Å². The van der Waals surface area contributed by atoms with Crippen LogP contribution in [0.1, 0.15) is 6.92 Å². The number of carbonyl (C=O) groups is 1. The van der Waals surface area contributed by atoms with Crippen LogP contribution >= 0.6 is 34.8 Å². The van der Waals surface area contributed by atoms with Crippen molar-refractivity contribution in [1.82, 2.24) is 15.5 Å². The van der Waals surface area contributed by atoms with Crippen LogP contribution < -0.4 is 15.4 Å². The number of nitrogens with one attached hydrogen (secondary N) is 2. The highest BCUT2D eigenvalue weighted by atomic mass is 35.5. The van der Waals surface area contributed by atoms with E-state index in [1.54, 1.807) is 26.2 Å². The number of hydrogen-bond donors (Lipinski definition) is 2. The Morgan fingerprint density at radius 1 is 1.21 bits per heavy atom. The number of hydrogen-bond acceptors (Lipinski definition) is 3. The third-order valence-electron chi connectivity index (χ3n) is 2.82. The molecule has 9 heteroatoms. The highest BCUT2D eigenvalue weighted by Crippen LogP contribution is 2.35. The lowest BCUT2D eigenvalue weighted by Gasteiger charge is -2.14. The van der Waals surface area contributed by atoms with E-state index in [2.05, 4.69) is 15.6 Å². The van der Waals surface area contributed by atoms with Crippen LogP contribution in [0.3, 0.4) is 0 Å². The number of likely N-dealkylation sites (N-methyl/N-ethyl adjacent to an activating group) is 1. The molecule has 24 heavy (non-hydrogen) atoms. The Kier molecular flexibility index (Phi) is 9.03. The summed E-state index contributed by atoms with van der Waals surface area (Å²) >= 11 is 17.9. The van der Waals surface area contributed by atoms with Crippen LogP contribution in [0.15, 0.2) is 17.1 Å². The summed E-state index contributed by atoms with van der Waals surface area (Å²) < 4.78 is 5.57. The van der Waals surface area contributed by atoms with Crippen molar-refractivity contribution in [2.75, 3.05) is 40.3 Å². The van der Waals surface area contributed by atoms with Gasteiger partial charge in [0.05, 0.1) is 16.6 Å². The number of carbonyl (C=O) groups excluding carboxylic acids is 1. The maximum Gasteiger partial charge on any atom is 0.243 e. The fourth-order valence-corrected chi connectivity index (χ4v) is 2.55. The zero-order valence-corrected chi connectivity index (χ0v) is 16.1. The fourth-order valence-electron chi connectivity index (χ4n) is 1.62. The van der Waals surface area contributed by atoms with Crippen molar-refractivity contribution in [2.45, 2.75) is 6.92 Å². The van der Waals surface area contributed by atoms with Gasteiger partial charge in [-0.1, -0.05) is 34.8 Å². The molecule has 134 valence electrons. The van der Waals surface area contributed by atoms with Crippen LogP contribution in [0.2, 0.25) is 15.1 Å². The van der Waals surface area contributed by atoms with Gasteiger partial charge in [0.15, 0.2) is 11.7 Å². The molecular formula is C15H21Cl3N4O2. The number of ether oxygens (including phenoxy) is 1. The SMILES string of the molecule is CCNC(=NCC(=O)N(C)C)NCCOc1c(Cl)cc(Cl)cc1Cl. The largest absolute Gasteiger partial charge is 0.489 e. The minimum atomic E-state index is -0.0804. The van der Waals surface area contributed by atoms with Crippen molar-refractivity contribution < 1.29 is 9.53 Å². The quantitative estimate of drug-likeness (QED) is 0.423. The summed E-state index contributed by atoms with van der Waals surface area (Å²) in [6.45, 7) is 3.45. The molecule has 0 aliphatic heterocycles. The van der Waals surface area contributed by atoms with E-state index in [-0.39, 0.29) is 12.5 Å². The molecule has 1 rings (SSSR count). The van der Waals surface area contributed by atoms with E-state index in [0.717, 1.165) is 0 Å². The molecule has 0 aliphatic rings. The van der Waals surface area contributed by atoms with E-state index < -0.39 is 0 Å². The molecule has 0 bridgehead atoms. The smallest absolute Gasteiger partial charge is 0.243 e. The Labute approximate surface area is 157 Å². The van der Waals surface area contributed by atoms with Crippen LogP contribution in [0, 0.1) is 0 Å². The average Bonchev–Trinajstić information content (AvgIpc) is 2.50. The summed E-state index contributed by atoms with van der Waals surface area (Å²) in [5.74, 6) is 0.835. The van der Waals surface area contributed by atoms with Gasteiger partial charge in [0, 0.05) is 25.7 Å². The fraction of sp³-hybridized carbons (Fsp3) is 0.467. The van der Waals surface area contributed by atoms with Gasteiger partial charge in [-0.05, 0) is 19.1 Å². The standard InChI is InChI=1S/C15H21Cl3N4O2/c1-4-19-15(21-9-13(23)22(2)3)20-5-6-24-14-11(17)7-10(16)8-12(14)18/h7-8H,4-6,9H2,1-3H3,(H2,19,20,21). The predicted molar refractivity (Wildman–Crippen MR) is 99.6 cm³/mol. The molecule has 1 aromatic rings. The summed E-state index contributed by atoms with van der Waals surface area (Å²) in [6.07, 6.45) is 0.